The van der Waals surface area contributed by atoms with Crippen LogP contribution in [0, 0.1) is 0 Å². The largest absolute Gasteiger partial charge is 0.391 e. The van der Waals surface area contributed by atoms with Crippen LogP contribution in [0.25, 0.3) is 10.8 Å². The zero-order valence-corrected chi connectivity index (χ0v) is 13.2. The molecule has 2 atom stereocenters. The molecule has 1 saturated carbocycles. The van der Waals surface area contributed by atoms with Gasteiger partial charge < -0.3 is 10.0 Å². The minimum Gasteiger partial charge on any atom is -0.391 e. The van der Waals surface area contributed by atoms with Gasteiger partial charge in [-0.2, -0.15) is 0 Å². The van der Waals surface area contributed by atoms with E-state index in [0.29, 0.717) is 0 Å². The maximum atomic E-state index is 10.2. The van der Waals surface area contributed by atoms with E-state index in [1.807, 2.05) is 31.4 Å². The van der Waals surface area contributed by atoms with Gasteiger partial charge in [0.15, 0.2) is 0 Å². The van der Waals surface area contributed by atoms with Crippen LogP contribution in [0.5, 0.6) is 0 Å². The van der Waals surface area contributed by atoms with Gasteiger partial charge in [0.05, 0.1) is 12.1 Å². The molecule has 0 spiro atoms. The topological polar surface area (TPSA) is 36.4 Å². The van der Waals surface area contributed by atoms with E-state index in [-0.39, 0.29) is 12.1 Å². The Kier molecular flexibility index (Phi) is 3.94. The summed E-state index contributed by atoms with van der Waals surface area (Å²) >= 11 is 3.59. The van der Waals surface area contributed by atoms with Gasteiger partial charge in [-0.25, -0.2) is 4.98 Å². The summed E-state index contributed by atoms with van der Waals surface area (Å²) in [5, 5.41) is 12.5. The fraction of sp³-hybridized carbons (Fsp3) is 0.438. The van der Waals surface area contributed by atoms with Crippen molar-refractivity contribution in [2.75, 3.05) is 11.9 Å². The molecule has 3 nitrogen and oxygen atoms in total. The molecule has 2 aromatic rings. The fourth-order valence-electron chi connectivity index (χ4n) is 3.13. The summed E-state index contributed by atoms with van der Waals surface area (Å²) in [5.74, 6) is 0.953. The molecule has 3 rings (SSSR count). The summed E-state index contributed by atoms with van der Waals surface area (Å²) in [6, 6.07) is 8.35. The molecule has 0 saturated heterocycles. The smallest absolute Gasteiger partial charge is 0.136 e. The van der Waals surface area contributed by atoms with Crippen LogP contribution in [-0.2, 0) is 0 Å². The monoisotopic (exact) mass is 334 g/mol. The normalized spacial score (nSPS) is 22.9. The molecule has 0 amide bonds. The standard InChI is InChI=1S/C16H19BrN2O/c1-19(14-7-2-3-8-15(14)20)16-12-5-4-6-13(17)11(12)9-10-18-16/h4-6,9-10,14-15,20H,2-3,7-8H2,1H3. The predicted molar refractivity (Wildman–Crippen MR) is 86.1 cm³/mol. The van der Waals surface area contributed by atoms with Gasteiger partial charge in [0, 0.05) is 28.5 Å². The van der Waals surface area contributed by atoms with E-state index < -0.39 is 0 Å². The first-order chi connectivity index (χ1) is 9.68. The molecule has 0 radical (unpaired) electrons. The van der Waals surface area contributed by atoms with Gasteiger partial charge in [-0.15, -0.1) is 0 Å². The van der Waals surface area contributed by atoms with E-state index in [1.165, 1.54) is 6.42 Å². The first-order valence-corrected chi connectivity index (χ1v) is 7.92. The van der Waals surface area contributed by atoms with Crippen molar-refractivity contribution in [3.63, 3.8) is 0 Å². The zero-order valence-electron chi connectivity index (χ0n) is 11.6. The van der Waals surface area contributed by atoms with Crippen LogP contribution in [-0.4, -0.2) is 29.3 Å². The molecular formula is C16H19BrN2O. The lowest BCUT2D eigenvalue weighted by atomic mass is 9.91. The third-order valence-electron chi connectivity index (χ3n) is 4.26. The number of aliphatic hydroxyl groups is 1. The van der Waals surface area contributed by atoms with Gasteiger partial charge in [-0.3, -0.25) is 0 Å². The molecule has 1 aliphatic rings. The average molecular weight is 335 g/mol. The first kappa shape index (κ1) is 13.8. The van der Waals surface area contributed by atoms with E-state index >= 15 is 0 Å². The van der Waals surface area contributed by atoms with Crippen molar-refractivity contribution in [2.45, 2.75) is 37.8 Å². The second kappa shape index (κ2) is 5.70. The highest BCUT2D eigenvalue weighted by Gasteiger charge is 2.28. The molecule has 2 unspecified atom stereocenters. The van der Waals surface area contributed by atoms with Crippen LogP contribution in [0.15, 0.2) is 34.9 Å². The lowest BCUT2D eigenvalue weighted by Gasteiger charge is -2.36. The summed E-state index contributed by atoms with van der Waals surface area (Å²) in [4.78, 5) is 6.70. The SMILES string of the molecule is CN(c1nccc2c(Br)cccc12)C1CCCCC1O. The van der Waals surface area contributed by atoms with Gasteiger partial charge in [0.2, 0.25) is 0 Å². The molecule has 0 bridgehead atoms. The Balaban J connectivity index is 2.03. The molecule has 4 heteroatoms. The lowest BCUT2D eigenvalue weighted by Crippen LogP contribution is -2.43. The minimum absolute atomic E-state index is 0.167. The molecule has 1 aliphatic carbocycles. The van der Waals surface area contributed by atoms with Gasteiger partial charge >= 0.3 is 0 Å². The van der Waals surface area contributed by atoms with Crippen LogP contribution in [0.2, 0.25) is 0 Å². The van der Waals surface area contributed by atoms with Crippen molar-refractivity contribution < 1.29 is 5.11 Å². The van der Waals surface area contributed by atoms with Crippen molar-refractivity contribution in [1.29, 1.82) is 0 Å². The summed E-state index contributed by atoms with van der Waals surface area (Å²) in [6.07, 6.45) is 5.82. The van der Waals surface area contributed by atoms with Crippen molar-refractivity contribution in [3.05, 3.63) is 34.9 Å². The third kappa shape index (κ3) is 2.42. The molecular weight excluding hydrogens is 316 g/mol. The Hall–Kier alpha value is -1.13. The molecule has 20 heavy (non-hydrogen) atoms. The van der Waals surface area contributed by atoms with Gasteiger partial charge in [-0.1, -0.05) is 40.9 Å². The van der Waals surface area contributed by atoms with E-state index in [9.17, 15) is 5.11 Å². The Morgan fingerprint density at radius 2 is 2.00 bits per heavy atom. The van der Waals surface area contributed by atoms with Crippen LogP contribution in [0.3, 0.4) is 0 Å². The highest BCUT2D eigenvalue weighted by atomic mass is 79.9. The summed E-state index contributed by atoms with van der Waals surface area (Å²) in [5.41, 5.74) is 0. The number of benzene rings is 1. The highest BCUT2D eigenvalue weighted by Crippen LogP contribution is 2.32. The van der Waals surface area contributed by atoms with Gasteiger partial charge in [0.25, 0.3) is 0 Å². The van der Waals surface area contributed by atoms with Crippen LogP contribution < -0.4 is 4.90 Å². The molecule has 1 fully saturated rings. The number of fused-ring (bicyclic) bond motifs is 1. The Morgan fingerprint density at radius 3 is 2.80 bits per heavy atom. The molecule has 1 aromatic heterocycles. The van der Waals surface area contributed by atoms with Crippen LogP contribution in [0.4, 0.5) is 5.82 Å². The fourth-order valence-corrected chi connectivity index (χ4v) is 3.63. The Bertz CT molecular complexity index is 616. The molecule has 1 N–H and O–H groups in total. The number of aromatic nitrogens is 1. The van der Waals surface area contributed by atoms with Crippen molar-refractivity contribution in [2.24, 2.45) is 0 Å². The Morgan fingerprint density at radius 1 is 1.20 bits per heavy atom. The number of hydrogen-bond acceptors (Lipinski definition) is 3. The summed E-state index contributed by atoms with van der Waals surface area (Å²) < 4.78 is 1.08. The van der Waals surface area contributed by atoms with E-state index in [4.69, 9.17) is 0 Å². The zero-order chi connectivity index (χ0) is 14.1. The molecule has 1 heterocycles. The second-order valence-corrected chi connectivity index (χ2v) is 6.35. The van der Waals surface area contributed by atoms with Crippen molar-refractivity contribution in [3.8, 4) is 0 Å². The molecule has 106 valence electrons. The number of rotatable bonds is 2. The van der Waals surface area contributed by atoms with Crippen LogP contribution >= 0.6 is 15.9 Å². The number of hydrogen-bond donors (Lipinski definition) is 1. The minimum atomic E-state index is -0.252. The number of nitrogens with zero attached hydrogens (tertiary/aromatic N) is 2. The highest BCUT2D eigenvalue weighted by molar-refractivity contribution is 9.10. The maximum Gasteiger partial charge on any atom is 0.136 e. The molecule has 1 aromatic carbocycles. The first-order valence-electron chi connectivity index (χ1n) is 7.12. The summed E-state index contributed by atoms with van der Waals surface area (Å²) in [6.45, 7) is 0. The number of halogens is 1. The molecule has 0 aliphatic heterocycles. The number of aliphatic hydroxyl groups excluding tert-OH is 1. The second-order valence-electron chi connectivity index (χ2n) is 5.50. The summed E-state index contributed by atoms with van der Waals surface area (Å²) in [7, 11) is 2.04. The average Bonchev–Trinajstić information content (AvgIpc) is 2.47. The maximum absolute atomic E-state index is 10.2. The Labute approximate surface area is 127 Å². The van der Waals surface area contributed by atoms with Crippen molar-refractivity contribution >= 4 is 32.5 Å². The van der Waals surface area contributed by atoms with Crippen molar-refractivity contribution in [1.82, 2.24) is 4.98 Å². The number of anilines is 1. The van der Waals surface area contributed by atoms with Gasteiger partial charge in [-0.05, 0) is 25.0 Å². The van der Waals surface area contributed by atoms with E-state index in [1.54, 1.807) is 0 Å². The van der Waals surface area contributed by atoms with E-state index in [0.717, 1.165) is 40.3 Å². The van der Waals surface area contributed by atoms with Gasteiger partial charge in [0.1, 0.15) is 5.82 Å². The lowest BCUT2D eigenvalue weighted by molar-refractivity contribution is 0.106. The van der Waals surface area contributed by atoms with Crippen LogP contribution in [0.1, 0.15) is 25.7 Å². The quantitative estimate of drug-likeness (QED) is 0.908. The number of pyridine rings is 1. The number of likely N-dealkylation sites (N-methyl/N-ethyl adjacent to an activating group) is 1. The third-order valence-corrected chi connectivity index (χ3v) is 4.95. The predicted octanol–water partition coefficient (Wildman–Crippen LogP) is 3.74. The van der Waals surface area contributed by atoms with E-state index in [2.05, 4.69) is 31.9 Å².